The molecule has 0 aromatic heterocycles. The molecule has 1 heteroatoms. The predicted molar refractivity (Wildman–Crippen MR) is 111 cm³/mol. The summed E-state index contributed by atoms with van der Waals surface area (Å²) in [5.41, 5.74) is 5.24. The minimum atomic E-state index is 1.08. The second kappa shape index (κ2) is 14.8. The van der Waals surface area contributed by atoms with Crippen molar-refractivity contribution in [3.8, 4) is 0 Å². The van der Waals surface area contributed by atoms with E-state index in [1.165, 1.54) is 36.0 Å². The van der Waals surface area contributed by atoms with Gasteiger partial charge >= 0.3 is 0 Å². The fourth-order valence-electron chi connectivity index (χ4n) is 2.44. The number of nitrogens with one attached hydrogen (secondary N) is 1. The van der Waals surface area contributed by atoms with Crippen molar-refractivity contribution in [1.82, 2.24) is 5.32 Å². The Bertz CT molecular complexity index is 486. The van der Waals surface area contributed by atoms with Crippen molar-refractivity contribution in [1.29, 1.82) is 0 Å². The molecule has 24 heavy (non-hydrogen) atoms. The molecule has 0 rings (SSSR count). The van der Waals surface area contributed by atoms with Crippen molar-refractivity contribution in [2.75, 3.05) is 7.05 Å². The largest absolute Gasteiger partial charge is 0.392 e. The molecule has 0 saturated carbocycles. The Morgan fingerprint density at radius 3 is 2.33 bits per heavy atom. The third kappa shape index (κ3) is 11.8. The maximum absolute atomic E-state index is 3.98. The fourth-order valence-corrected chi connectivity index (χ4v) is 2.44. The number of allylic oxidation sites excluding steroid dienone is 10. The first-order chi connectivity index (χ1) is 11.5. The third-order valence-electron chi connectivity index (χ3n) is 4.14. The smallest absolute Gasteiger partial charge is 0.00310 e. The van der Waals surface area contributed by atoms with Gasteiger partial charge in [0.05, 0.1) is 0 Å². The minimum absolute atomic E-state index is 1.08. The van der Waals surface area contributed by atoms with Crippen molar-refractivity contribution in [2.24, 2.45) is 0 Å². The molecule has 0 aromatic carbocycles. The van der Waals surface area contributed by atoms with Crippen LogP contribution < -0.4 is 5.32 Å². The zero-order chi connectivity index (χ0) is 18.2. The highest BCUT2D eigenvalue weighted by Crippen LogP contribution is 2.18. The van der Waals surface area contributed by atoms with E-state index < -0.39 is 0 Å². The summed E-state index contributed by atoms with van der Waals surface area (Å²) in [5.74, 6) is 0. The molecule has 0 heterocycles. The lowest BCUT2D eigenvalue weighted by atomic mass is 10.00. The summed E-state index contributed by atoms with van der Waals surface area (Å²) in [6.07, 6.45) is 21.2. The number of hydrogen-bond acceptors (Lipinski definition) is 1. The van der Waals surface area contributed by atoms with E-state index in [1.807, 2.05) is 13.1 Å². The lowest BCUT2D eigenvalue weighted by Crippen LogP contribution is -2.03. The molecule has 0 radical (unpaired) electrons. The first kappa shape index (κ1) is 22.2. The molecule has 0 aliphatic carbocycles. The van der Waals surface area contributed by atoms with Gasteiger partial charge in [0.1, 0.15) is 0 Å². The van der Waals surface area contributed by atoms with E-state index in [0.29, 0.717) is 0 Å². The van der Waals surface area contributed by atoms with Crippen molar-refractivity contribution in [2.45, 2.75) is 65.7 Å². The van der Waals surface area contributed by atoms with E-state index in [9.17, 15) is 0 Å². The van der Waals surface area contributed by atoms with Gasteiger partial charge < -0.3 is 5.32 Å². The van der Waals surface area contributed by atoms with Crippen LogP contribution in [0.15, 0.2) is 72.0 Å². The molecule has 0 spiro atoms. The van der Waals surface area contributed by atoms with Crippen molar-refractivity contribution in [3.63, 3.8) is 0 Å². The second-order valence-corrected chi connectivity index (χ2v) is 6.25. The maximum Gasteiger partial charge on any atom is 0.00310 e. The van der Waals surface area contributed by atoms with Gasteiger partial charge in [0.15, 0.2) is 0 Å². The van der Waals surface area contributed by atoms with Crippen LogP contribution in [0.25, 0.3) is 0 Å². The lowest BCUT2D eigenvalue weighted by molar-refractivity contribution is 0.661. The van der Waals surface area contributed by atoms with Crippen LogP contribution in [0.2, 0.25) is 0 Å². The summed E-state index contributed by atoms with van der Waals surface area (Å²) < 4.78 is 0. The Labute approximate surface area is 150 Å². The zero-order valence-corrected chi connectivity index (χ0v) is 16.3. The Kier molecular flexibility index (Phi) is 13.7. The molecule has 0 unspecified atom stereocenters. The molecular weight excluding hydrogens is 290 g/mol. The van der Waals surface area contributed by atoms with Crippen LogP contribution in [0, 0.1) is 0 Å². The average molecular weight is 328 g/mol. The number of rotatable bonds is 13. The van der Waals surface area contributed by atoms with E-state index in [1.54, 1.807) is 0 Å². The SMILES string of the molecule is C=C/C(C)=C/CC\C=C/C(CCCCCC(=C)NC)=C(C)/C=C\C. The Hall–Kier alpha value is -1.76. The summed E-state index contributed by atoms with van der Waals surface area (Å²) in [5, 5.41) is 3.12. The normalized spacial score (nSPS) is 13.4. The van der Waals surface area contributed by atoms with E-state index in [-0.39, 0.29) is 0 Å². The van der Waals surface area contributed by atoms with Gasteiger partial charge in [-0.3, -0.25) is 0 Å². The first-order valence-corrected chi connectivity index (χ1v) is 9.18. The third-order valence-corrected chi connectivity index (χ3v) is 4.14. The molecule has 0 saturated heterocycles. The van der Waals surface area contributed by atoms with Crippen LogP contribution in [0.5, 0.6) is 0 Å². The molecule has 0 amide bonds. The Morgan fingerprint density at radius 1 is 1.00 bits per heavy atom. The quantitative estimate of drug-likeness (QED) is 0.283. The Balaban J connectivity index is 4.43. The molecule has 0 aliphatic rings. The molecule has 0 atom stereocenters. The molecule has 1 N–H and O–H groups in total. The summed E-state index contributed by atoms with van der Waals surface area (Å²) in [4.78, 5) is 0. The van der Waals surface area contributed by atoms with Gasteiger partial charge in [-0.1, -0.05) is 61.6 Å². The van der Waals surface area contributed by atoms with E-state index in [2.05, 4.69) is 69.6 Å². The maximum atomic E-state index is 3.98. The van der Waals surface area contributed by atoms with Gasteiger partial charge in [0, 0.05) is 12.7 Å². The molecule has 0 aliphatic heterocycles. The van der Waals surface area contributed by atoms with E-state index >= 15 is 0 Å². The lowest BCUT2D eigenvalue weighted by Gasteiger charge is -2.07. The van der Waals surface area contributed by atoms with Gasteiger partial charge in [-0.2, -0.15) is 0 Å². The molecule has 0 bridgehead atoms. The molecule has 1 nitrogen and oxygen atoms in total. The van der Waals surface area contributed by atoms with Crippen molar-refractivity contribution >= 4 is 0 Å². The van der Waals surface area contributed by atoms with Gasteiger partial charge in [-0.15, -0.1) is 0 Å². The zero-order valence-electron chi connectivity index (χ0n) is 16.3. The highest BCUT2D eigenvalue weighted by molar-refractivity contribution is 5.31. The molecule has 0 aromatic rings. The van der Waals surface area contributed by atoms with Crippen LogP contribution in [-0.4, -0.2) is 7.05 Å². The minimum Gasteiger partial charge on any atom is -0.392 e. The highest BCUT2D eigenvalue weighted by atomic mass is 14.8. The fraction of sp³-hybridized carbons (Fsp3) is 0.478. The second-order valence-electron chi connectivity index (χ2n) is 6.25. The van der Waals surface area contributed by atoms with Crippen molar-refractivity contribution in [3.05, 3.63) is 72.0 Å². The monoisotopic (exact) mass is 327 g/mol. The van der Waals surface area contributed by atoms with Crippen molar-refractivity contribution < 1.29 is 0 Å². The van der Waals surface area contributed by atoms with E-state index in [0.717, 1.165) is 31.4 Å². The van der Waals surface area contributed by atoms with E-state index in [4.69, 9.17) is 0 Å². The van der Waals surface area contributed by atoms with Crippen LogP contribution in [-0.2, 0) is 0 Å². The number of unbranched alkanes of at least 4 members (excludes halogenated alkanes) is 3. The van der Waals surface area contributed by atoms with Gasteiger partial charge in [-0.05, 0) is 70.4 Å². The molecular formula is C23H37N. The Morgan fingerprint density at radius 2 is 1.71 bits per heavy atom. The summed E-state index contributed by atoms with van der Waals surface area (Å²) in [6, 6.07) is 0. The van der Waals surface area contributed by atoms with Gasteiger partial charge in [-0.25, -0.2) is 0 Å². The first-order valence-electron chi connectivity index (χ1n) is 9.18. The molecule has 0 fully saturated rings. The number of hydrogen-bond donors (Lipinski definition) is 1. The molecule has 134 valence electrons. The van der Waals surface area contributed by atoms with Crippen LogP contribution in [0.3, 0.4) is 0 Å². The highest BCUT2D eigenvalue weighted by Gasteiger charge is 1.99. The average Bonchev–Trinajstić information content (AvgIpc) is 2.58. The van der Waals surface area contributed by atoms with Gasteiger partial charge in [0.2, 0.25) is 0 Å². The summed E-state index contributed by atoms with van der Waals surface area (Å²) in [7, 11) is 1.94. The van der Waals surface area contributed by atoms with Crippen LogP contribution >= 0.6 is 0 Å². The standard InChI is InChI=1S/C23H37N/c1-7-15-21(4)23(18-13-9-11-16-20(3)8-2)19-14-10-12-17-22(5)24-6/h7-8,13,15-16,18,24H,2,5,9-12,14,17,19H2,1,3-4,6H3/b15-7-,18-13-,20-16+,23-21-. The predicted octanol–water partition coefficient (Wildman–Crippen LogP) is 7.03. The van der Waals surface area contributed by atoms with Gasteiger partial charge in [0.25, 0.3) is 0 Å². The summed E-state index contributed by atoms with van der Waals surface area (Å²) in [6.45, 7) is 14.2. The topological polar surface area (TPSA) is 12.0 Å². The van der Waals surface area contributed by atoms with Crippen LogP contribution in [0.1, 0.15) is 65.7 Å². The van der Waals surface area contributed by atoms with Crippen LogP contribution in [0.4, 0.5) is 0 Å². The summed E-state index contributed by atoms with van der Waals surface area (Å²) >= 11 is 0.